The van der Waals surface area contributed by atoms with Crippen LogP contribution in [0.3, 0.4) is 0 Å². The Morgan fingerprint density at radius 1 is 1.26 bits per heavy atom. The Morgan fingerprint density at radius 3 is 2.74 bits per heavy atom. The van der Waals surface area contributed by atoms with Crippen molar-refractivity contribution in [2.75, 3.05) is 19.6 Å². The van der Waals surface area contributed by atoms with Gasteiger partial charge in [-0.3, -0.25) is 9.69 Å². The van der Waals surface area contributed by atoms with Crippen molar-refractivity contribution in [1.29, 1.82) is 5.26 Å². The summed E-state index contributed by atoms with van der Waals surface area (Å²) in [7, 11) is 0. The van der Waals surface area contributed by atoms with Gasteiger partial charge in [0, 0.05) is 0 Å². The Bertz CT molecular complexity index is 700. The van der Waals surface area contributed by atoms with Gasteiger partial charge in [0.2, 0.25) is 5.91 Å². The zero-order valence-corrected chi connectivity index (χ0v) is 13.7. The molecule has 23 heavy (non-hydrogen) atoms. The van der Waals surface area contributed by atoms with Crippen LogP contribution in [0.15, 0.2) is 42.5 Å². The number of nitriles is 1. The molecule has 0 radical (unpaired) electrons. The smallest absolute Gasteiger partial charge is 0.234 e. The number of benzene rings is 2. The fourth-order valence-corrected chi connectivity index (χ4v) is 2.83. The Morgan fingerprint density at radius 2 is 2.00 bits per heavy atom. The summed E-state index contributed by atoms with van der Waals surface area (Å²) in [4.78, 5) is 14.1. The average molecular weight is 309 g/mol. The molecule has 2 aromatic carbocycles. The Balaban J connectivity index is 2.07. The van der Waals surface area contributed by atoms with Gasteiger partial charge in [0.1, 0.15) is 0 Å². The first-order chi connectivity index (χ1) is 11.2. The van der Waals surface area contributed by atoms with Crippen LogP contribution < -0.4 is 5.32 Å². The van der Waals surface area contributed by atoms with E-state index >= 15 is 0 Å². The molecule has 0 aliphatic carbocycles. The molecule has 4 heteroatoms. The van der Waals surface area contributed by atoms with Crippen molar-refractivity contribution in [3.8, 4) is 6.07 Å². The van der Waals surface area contributed by atoms with Crippen LogP contribution in [0.2, 0.25) is 0 Å². The zero-order valence-electron chi connectivity index (χ0n) is 13.7. The molecule has 0 bridgehead atoms. The number of amides is 1. The molecule has 2 rings (SSSR count). The minimum Gasteiger partial charge on any atom is -0.348 e. The summed E-state index contributed by atoms with van der Waals surface area (Å²) in [6.45, 7) is 5.33. The number of fused-ring (bicyclic) bond motifs is 1. The highest BCUT2D eigenvalue weighted by Crippen LogP contribution is 2.23. The first-order valence-electron chi connectivity index (χ1n) is 8.02. The first kappa shape index (κ1) is 17.0. The van der Waals surface area contributed by atoms with Crippen LogP contribution in [0.25, 0.3) is 10.8 Å². The van der Waals surface area contributed by atoms with Crippen LogP contribution in [0.4, 0.5) is 0 Å². The number of nitrogens with one attached hydrogen (secondary N) is 1. The number of carbonyl (C=O) groups excluding carboxylic acids is 1. The van der Waals surface area contributed by atoms with Crippen molar-refractivity contribution in [1.82, 2.24) is 10.2 Å². The van der Waals surface area contributed by atoms with E-state index in [2.05, 4.69) is 29.6 Å². The van der Waals surface area contributed by atoms with E-state index < -0.39 is 0 Å². The lowest BCUT2D eigenvalue weighted by molar-refractivity contribution is -0.122. The Hall–Kier alpha value is -2.38. The Kier molecular flexibility index (Phi) is 6.13. The van der Waals surface area contributed by atoms with Crippen molar-refractivity contribution < 1.29 is 4.79 Å². The van der Waals surface area contributed by atoms with Gasteiger partial charge in [-0.2, -0.15) is 5.26 Å². The van der Waals surface area contributed by atoms with Gasteiger partial charge in [-0.15, -0.1) is 0 Å². The molecule has 0 aromatic heterocycles. The minimum atomic E-state index is -0.0702. The van der Waals surface area contributed by atoms with Gasteiger partial charge in [-0.1, -0.05) is 49.4 Å². The highest BCUT2D eigenvalue weighted by molar-refractivity contribution is 5.87. The molecule has 2 aromatic rings. The van der Waals surface area contributed by atoms with Crippen molar-refractivity contribution >= 4 is 16.7 Å². The maximum Gasteiger partial charge on any atom is 0.234 e. The molecule has 0 saturated carbocycles. The summed E-state index contributed by atoms with van der Waals surface area (Å²) < 4.78 is 0. The summed E-state index contributed by atoms with van der Waals surface area (Å²) in [6, 6.07) is 16.3. The first-order valence-corrected chi connectivity index (χ1v) is 8.02. The van der Waals surface area contributed by atoms with Gasteiger partial charge in [0.25, 0.3) is 0 Å². The fourth-order valence-electron chi connectivity index (χ4n) is 2.83. The molecule has 0 spiro atoms. The fraction of sp³-hybridized carbons (Fsp3) is 0.368. The standard InChI is InChI=1S/C19H23N3O/c1-3-12-22(13-11-20)14-19(23)21-15(2)17-10-6-8-16-7-4-5-9-18(16)17/h4-10,15H,3,12-14H2,1-2H3,(H,21,23). The Labute approximate surface area is 137 Å². The quantitative estimate of drug-likeness (QED) is 0.799. The van der Waals surface area contributed by atoms with Crippen molar-refractivity contribution in [2.45, 2.75) is 26.3 Å². The van der Waals surface area contributed by atoms with Crippen molar-refractivity contribution in [3.05, 3.63) is 48.0 Å². The van der Waals surface area contributed by atoms with E-state index in [4.69, 9.17) is 5.26 Å². The topological polar surface area (TPSA) is 56.1 Å². The molecule has 0 saturated heterocycles. The molecule has 1 unspecified atom stereocenters. The summed E-state index contributed by atoms with van der Waals surface area (Å²) in [5, 5.41) is 14.2. The number of hydrogen-bond acceptors (Lipinski definition) is 3. The summed E-state index contributed by atoms with van der Waals surface area (Å²) in [6.07, 6.45) is 0.924. The molecule has 1 N–H and O–H groups in total. The van der Waals surface area contributed by atoms with E-state index in [0.29, 0.717) is 0 Å². The third kappa shape index (κ3) is 4.54. The second-order valence-electron chi connectivity index (χ2n) is 5.73. The van der Waals surface area contributed by atoms with Crippen LogP contribution in [0, 0.1) is 11.3 Å². The van der Waals surface area contributed by atoms with E-state index in [9.17, 15) is 4.79 Å². The lowest BCUT2D eigenvalue weighted by atomic mass is 10.00. The normalized spacial score (nSPS) is 12.1. The zero-order chi connectivity index (χ0) is 16.7. The average Bonchev–Trinajstić information content (AvgIpc) is 2.54. The van der Waals surface area contributed by atoms with Gasteiger partial charge in [-0.05, 0) is 36.2 Å². The predicted octanol–water partition coefficient (Wildman–Crippen LogP) is 3.25. The van der Waals surface area contributed by atoms with Crippen molar-refractivity contribution in [3.63, 3.8) is 0 Å². The SMILES string of the molecule is CCCN(CC#N)CC(=O)NC(C)c1cccc2ccccc12. The molecular weight excluding hydrogens is 286 g/mol. The molecule has 120 valence electrons. The van der Waals surface area contributed by atoms with Crippen LogP contribution in [-0.4, -0.2) is 30.4 Å². The van der Waals surface area contributed by atoms with Gasteiger partial charge in [0.05, 0.1) is 25.2 Å². The van der Waals surface area contributed by atoms with Crippen molar-refractivity contribution in [2.24, 2.45) is 0 Å². The molecular formula is C19H23N3O. The molecule has 0 heterocycles. The summed E-state index contributed by atoms with van der Waals surface area (Å²) in [5.41, 5.74) is 1.11. The largest absolute Gasteiger partial charge is 0.348 e. The molecule has 1 atom stereocenters. The second-order valence-corrected chi connectivity index (χ2v) is 5.73. The summed E-state index contributed by atoms with van der Waals surface area (Å²) in [5.74, 6) is -0.0471. The minimum absolute atomic E-state index is 0.0471. The van der Waals surface area contributed by atoms with E-state index in [1.165, 1.54) is 5.39 Å². The summed E-state index contributed by atoms with van der Waals surface area (Å²) >= 11 is 0. The highest BCUT2D eigenvalue weighted by Gasteiger charge is 2.14. The van der Waals surface area contributed by atoms with Gasteiger partial charge >= 0.3 is 0 Å². The highest BCUT2D eigenvalue weighted by atomic mass is 16.2. The number of nitrogens with zero attached hydrogens (tertiary/aromatic N) is 2. The molecule has 0 aliphatic heterocycles. The number of carbonyl (C=O) groups is 1. The number of hydrogen-bond donors (Lipinski definition) is 1. The van der Waals surface area contributed by atoms with Crippen LogP contribution >= 0.6 is 0 Å². The number of rotatable bonds is 7. The van der Waals surface area contributed by atoms with Gasteiger partial charge in [0.15, 0.2) is 0 Å². The van der Waals surface area contributed by atoms with Gasteiger partial charge < -0.3 is 5.32 Å². The van der Waals surface area contributed by atoms with Crippen LogP contribution in [0.1, 0.15) is 31.9 Å². The van der Waals surface area contributed by atoms with E-state index in [0.717, 1.165) is 23.9 Å². The third-order valence-corrected chi connectivity index (χ3v) is 3.87. The molecule has 0 fully saturated rings. The lowest BCUT2D eigenvalue weighted by Crippen LogP contribution is -2.38. The van der Waals surface area contributed by atoms with E-state index in [1.54, 1.807) is 0 Å². The predicted molar refractivity (Wildman–Crippen MR) is 92.8 cm³/mol. The molecule has 1 amide bonds. The monoisotopic (exact) mass is 309 g/mol. The van der Waals surface area contributed by atoms with E-state index in [1.807, 2.05) is 43.0 Å². The maximum atomic E-state index is 12.3. The molecule has 0 aliphatic rings. The van der Waals surface area contributed by atoms with Crippen LogP contribution in [0.5, 0.6) is 0 Å². The lowest BCUT2D eigenvalue weighted by Gasteiger charge is -2.21. The third-order valence-electron chi connectivity index (χ3n) is 3.87. The molecule has 4 nitrogen and oxygen atoms in total. The van der Waals surface area contributed by atoms with Gasteiger partial charge in [-0.25, -0.2) is 0 Å². The van der Waals surface area contributed by atoms with Crippen LogP contribution in [-0.2, 0) is 4.79 Å². The van der Waals surface area contributed by atoms with E-state index in [-0.39, 0.29) is 25.0 Å². The second kappa shape index (κ2) is 8.30. The maximum absolute atomic E-state index is 12.3.